The highest BCUT2D eigenvalue weighted by Gasteiger charge is 2.29. The first-order valence-electron chi connectivity index (χ1n) is 7.40. The highest BCUT2D eigenvalue weighted by atomic mass is 32.2. The third kappa shape index (κ3) is 3.63. The Hall–Kier alpha value is -0.950. The summed E-state index contributed by atoms with van der Waals surface area (Å²) >= 11 is 0. The van der Waals surface area contributed by atoms with Gasteiger partial charge in [0.15, 0.2) is 0 Å². The normalized spacial score (nSPS) is 18.0. The van der Waals surface area contributed by atoms with Crippen LogP contribution in [0.3, 0.4) is 0 Å². The van der Waals surface area contributed by atoms with E-state index in [1.807, 2.05) is 13.8 Å². The molecule has 0 unspecified atom stereocenters. The van der Waals surface area contributed by atoms with Crippen LogP contribution >= 0.6 is 0 Å². The zero-order valence-electron chi connectivity index (χ0n) is 12.7. The van der Waals surface area contributed by atoms with Crippen molar-refractivity contribution in [1.29, 1.82) is 0 Å². The number of piperidine rings is 1. The summed E-state index contributed by atoms with van der Waals surface area (Å²) in [6.07, 6.45) is 1.70. The molecule has 1 aromatic carbocycles. The second-order valence-corrected chi connectivity index (χ2v) is 7.29. The Labute approximate surface area is 127 Å². The van der Waals surface area contributed by atoms with E-state index in [2.05, 4.69) is 0 Å². The lowest BCUT2D eigenvalue weighted by Crippen LogP contribution is -2.40. The van der Waals surface area contributed by atoms with Crippen molar-refractivity contribution in [3.05, 3.63) is 29.3 Å². The van der Waals surface area contributed by atoms with Crippen molar-refractivity contribution >= 4 is 10.0 Å². The highest BCUT2D eigenvalue weighted by molar-refractivity contribution is 7.89. The van der Waals surface area contributed by atoms with Crippen molar-refractivity contribution in [2.75, 3.05) is 19.7 Å². The zero-order chi connectivity index (χ0) is 15.5. The molecule has 1 aromatic rings. The molecule has 0 spiro atoms. The Bertz CT molecular complexity index is 579. The van der Waals surface area contributed by atoms with Crippen molar-refractivity contribution in [2.24, 2.45) is 5.73 Å². The molecular weight excluding hydrogens is 288 g/mol. The van der Waals surface area contributed by atoms with Crippen molar-refractivity contribution in [1.82, 2.24) is 4.31 Å². The summed E-state index contributed by atoms with van der Waals surface area (Å²) in [4.78, 5) is 0.354. The van der Waals surface area contributed by atoms with Crippen LogP contribution in [0.4, 0.5) is 0 Å². The summed E-state index contributed by atoms with van der Waals surface area (Å²) < 4.78 is 32.4. The summed E-state index contributed by atoms with van der Waals surface area (Å²) in [6.45, 7) is 5.99. The van der Waals surface area contributed by atoms with Crippen LogP contribution in [-0.4, -0.2) is 38.5 Å². The lowest BCUT2D eigenvalue weighted by atomic mass is 10.1. The lowest BCUT2D eigenvalue weighted by Gasteiger charge is -2.31. The van der Waals surface area contributed by atoms with E-state index in [0.29, 0.717) is 31.1 Å². The van der Waals surface area contributed by atoms with Crippen LogP contribution in [0, 0.1) is 6.92 Å². The third-order valence-electron chi connectivity index (χ3n) is 3.98. The van der Waals surface area contributed by atoms with E-state index in [9.17, 15) is 8.42 Å². The Morgan fingerprint density at radius 2 is 2.00 bits per heavy atom. The predicted molar refractivity (Wildman–Crippen MR) is 82.5 cm³/mol. The van der Waals surface area contributed by atoms with Gasteiger partial charge in [-0.2, -0.15) is 4.31 Å². The largest absolute Gasteiger partial charge is 0.378 e. The van der Waals surface area contributed by atoms with Crippen LogP contribution in [-0.2, 0) is 21.3 Å². The minimum atomic E-state index is -3.41. The second-order valence-electron chi connectivity index (χ2n) is 5.35. The molecule has 2 rings (SSSR count). The van der Waals surface area contributed by atoms with Gasteiger partial charge in [0.1, 0.15) is 0 Å². The fraction of sp³-hybridized carbons (Fsp3) is 0.600. The Balaban J connectivity index is 2.14. The number of ether oxygens (including phenoxy) is 1. The van der Waals surface area contributed by atoms with E-state index in [1.165, 1.54) is 0 Å². The summed E-state index contributed by atoms with van der Waals surface area (Å²) in [7, 11) is -3.41. The molecule has 21 heavy (non-hydrogen) atoms. The van der Waals surface area contributed by atoms with Gasteiger partial charge in [-0.1, -0.05) is 6.07 Å². The van der Waals surface area contributed by atoms with E-state index in [4.69, 9.17) is 10.5 Å². The van der Waals surface area contributed by atoms with Crippen LogP contribution < -0.4 is 5.73 Å². The fourth-order valence-electron chi connectivity index (χ4n) is 2.68. The molecule has 6 heteroatoms. The third-order valence-corrected chi connectivity index (χ3v) is 5.87. The summed E-state index contributed by atoms with van der Waals surface area (Å²) in [5.74, 6) is 0. The van der Waals surface area contributed by atoms with Gasteiger partial charge in [0.05, 0.1) is 11.0 Å². The Kier molecular flexibility index (Phi) is 5.37. The lowest BCUT2D eigenvalue weighted by molar-refractivity contribution is 0.0290. The van der Waals surface area contributed by atoms with Gasteiger partial charge in [-0.25, -0.2) is 8.42 Å². The van der Waals surface area contributed by atoms with E-state index >= 15 is 0 Å². The van der Waals surface area contributed by atoms with E-state index < -0.39 is 10.0 Å². The molecule has 1 heterocycles. The van der Waals surface area contributed by atoms with E-state index in [0.717, 1.165) is 24.0 Å². The maximum Gasteiger partial charge on any atom is 0.243 e. The van der Waals surface area contributed by atoms with Crippen LogP contribution in [0.25, 0.3) is 0 Å². The van der Waals surface area contributed by atoms with Gasteiger partial charge in [0, 0.05) is 26.2 Å². The maximum atomic E-state index is 12.7. The molecule has 1 aliphatic rings. The topological polar surface area (TPSA) is 72.6 Å². The van der Waals surface area contributed by atoms with Gasteiger partial charge < -0.3 is 10.5 Å². The average molecular weight is 312 g/mol. The molecule has 0 aliphatic carbocycles. The Morgan fingerprint density at radius 1 is 1.33 bits per heavy atom. The van der Waals surface area contributed by atoms with Crippen molar-refractivity contribution in [2.45, 2.75) is 44.2 Å². The van der Waals surface area contributed by atoms with Crippen LogP contribution in [0.5, 0.6) is 0 Å². The molecule has 1 aliphatic heterocycles. The molecule has 2 N–H and O–H groups in total. The minimum absolute atomic E-state index is 0.183. The van der Waals surface area contributed by atoms with Crippen molar-refractivity contribution in [3.8, 4) is 0 Å². The SMILES string of the molecule is CCOC1CCN(S(=O)(=O)c2ccc(CN)c(C)c2)CC1. The predicted octanol–water partition coefficient (Wildman–Crippen LogP) is 1.64. The summed E-state index contributed by atoms with van der Waals surface area (Å²) in [5.41, 5.74) is 7.52. The first-order chi connectivity index (χ1) is 9.98. The van der Waals surface area contributed by atoms with Crippen molar-refractivity contribution < 1.29 is 13.2 Å². The number of nitrogens with zero attached hydrogens (tertiary/aromatic N) is 1. The number of aryl methyl sites for hydroxylation is 1. The monoisotopic (exact) mass is 312 g/mol. The van der Waals surface area contributed by atoms with Crippen LogP contribution in [0.15, 0.2) is 23.1 Å². The molecule has 0 bridgehead atoms. The average Bonchev–Trinajstić information content (AvgIpc) is 2.48. The van der Waals surface area contributed by atoms with Crippen LogP contribution in [0.1, 0.15) is 30.9 Å². The van der Waals surface area contributed by atoms with E-state index in [-0.39, 0.29) is 6.10 Å². The van der Waals surface area contributed by atoms with Crippen LogP contribution in [0.2, 0.25) is 0 Å². The van der Waals surface area contributed by atoms with E-state index in [1.54, 1.807) is 22.5 Å². The highest BCUT2D eigenvalue weighted by Crippen LogP contribution is 2.23. The van der Waals surface area contributed by atoms with Gasteiger partial charge in [-0.05, 0) is 49.9 Å². The second kappa shape index (κ2) is 6.87. The molecule has 1 fully saturated rings. The standard InChI is InChI=1S/C15H24N2O3S/c1-3-20-14-6-8-17(9-7-14)21(18,19)15-5-4-13(11-16)12(2)10-15/h4-5,10,14H,3,6-9,11,16H2,1-2H3. The zero-order valence-corrected chi connectivity index (χ0v) is 13.5. The smallest absolute Gasteiger partial charge is 0.243 e. The first kappa shape index (κ1) is 16.4. The number of hydrogen-bond donors (Lipinski definition) is 1. The molecule has 118 valence electrons. The summed E-state index contributed by atoms with van der Waals surface area (Å²) in [5, 5.41) is 0. The number of rotatable bonds is 5. The quantitative estimate of drug-likeness (QED) is 0.897. The molecule has 0 aromatic heterocycles. The van der Waals surface area contributed by atoms with Gasteiger partial charge in [-0.3, -0.25) is 0 Å². The summed E-state index contributed by atoms with van der Waals surface area (Å²) in [6, 6.07) is 5.17. The number of hydrogen-bond acceptors (Lipinski definition) is 4. The first-order valence-corrected chi connectivity index (χ1v) is 8.84. The minimum Gasteiger partial charge on any atom is -0.378 e. The molecule has 5 nitrogen and oxygen atoms in total. The fourth-order valence-corrected chi connectivity index (χ4v) is 4.24. The Morgan fingerprint density at radius 3 is 2.52 bits per heavy atom. The molecule has 0 atom stereocenters. The maximum absolute atomic E-state index is 12.7. The van der Waals surface area contributed by atoms with Gasteiger partial charge in [0.2, 0.25) is 10.0 Å². The molecule has 0 amide bonds. The number of benzene rings is 1. The molecule has 1 saturated heterocycles. The van der Waals surface area contributed by atoms with Gasteiger partial charge >= 0.3 is 0 Å². The molecule has 0 saturated carbocycles. The van der Waals surface area contributed by atoms with Gasteiger partial charge in [-0.15, -0.1) is 0 Å². The number of sulfonamides is 1. The molecule has 0 radical (unpaired) electrons. The van der Waals surface area contributed by atoms with Crippen molar-refractivity contribution in [3.63, 3.8) is 0 Å². The molecular formula is C15H24N2O3S. The van der Waals surface area contributed by atoms with Gasteiger partial charge in [0.25, 0.3) is 0 Å². The number of nitrogens with two attached hydrogens (primary N) is 1.